The van der Waals surface area contributed by atoms with Crippen LogP contribution in [0.5, 0.6) is 0 Å². The SMILES string of the molecule is N#Cc1cc(N)c(C(F)F)[nH]c1=O. The first-order valence-electron chi connectivity index (χ1n) is 3.27. The van der Waals surface area contributed by atoms with Crippen LogP contribution in [-0.2, 0) is 0 Å². The predicted molar refractivity (Wildman–Crippen MR) is 41.1 cm³/mol. The topological polar surface area (TPSA) is 82.7 Å². The number of hydrogen-bond acceptors (Lipinski definition) is 3. The number of aromatic amines is 1. The summed E-state index contributed by atoms with van der Waals surface area (Å²) in [5.74, 6) is 0. The number of halogens is 2. The number of nitrogen functional groups attached to an aromatic ring is 1. The first-order valence-corrected chi connectivity index (χ1v) is 3.27. The zero-order valence-electron chi connectivity index (χ0n) is 6.34. The van der Waals surface area contributed by atoms with E-state index in [0.717, 1.165) is 6.07 Å². The molecule has 3 N–H and O–H groups in total. The number of hydrogen-bond donors (Lipinski definition) is 2. The average Bonchev–Trinajstić information content (AvgIpc) is 2.07. The summed E-state index contributed by atoms with van der Waals surface area (Å²) in [6.45, 7) is 0. The summed E-state index contributed by atoms with van der Waals surface area (Å²) in [5, 5.41) is 8.36. The van der Waals surface area contributed by atoms with Crippen molar-refractivity contribution in [1.29, 1.82) is 5.26 Å². The second-order valence-electron chi connectivity index (χ2n) is 2.29. The van der Waals surface area contributed by atoms with Crippen molar-refractivity contribution in [3.8, 4) is 6.07 Å². The van der Waals surface area contributed by atoms with Gasteiger partial charge in [0.25, 0.3) is 12.0 Å². The molecule has 0 saturated carbocycles. The van der Waals surface area contributed by atoms with Crippen LogP contribution in [0.15, 0.2) is 10.9 Å². The molecular weight excluding hydrogens is 180 g/mol. The van der Waals surface area contributed by atoms with E-state index in [1.165, 1.54) is 6.07 Å². The summed E-state index contributed by atoms with van der Waals surface area (Å²) < 4.78 is 24.2. The van der Waals surface area contributed by atoms with Crippen molar-refractivity contribution in [3.05, 3.63) is 27.7 Å². The van der Waals surface area contributed by atoms with Crippen molar-refractivity contribution in [2.75, 3.05) is 5.73 Å². The Kier molecular flexibility index (Phi) is 2.28. The molecule has 0 aromatic carbocycles. The van der Waals surface area contributed by atoms with Gasteiger partial charge in [-0.2, -0.15) is 5.26 Å². The van der Waals surface area contributed by atoms with E-state index in [0.29, 0.717) is 0 Å². The van der Waals surface area contributed by atoms with Gasteiger partial charge in [0.15, 0.2) is 0 Å². The number of nitriles is 1. The molecule has 0 unspecified atom stereocenters. The van der Waals surface area contributed by atoms with E-state index in [1.807, 2.05) is 4.98 Å². The predicted octanol–water partition coefficient (Wildman–Crippen LogP) is 0.766. The minimum absolute atomic E-state index is 0.276. The van der Waals surface area contributed by atoms with Crippen molar-refractivity contribution in [2.24, 2.45) is 0 Å². The fraction of sp³-hybridized carbons (Fsp3) is 0.143. The second-order valence-corrected chi connectivity index (χ2v) is 2.29. The summed E-state index contributed by atoms with van der Waals surface area (Å²) in [4.78, 5) is 12.7. The Hall–Kier alpha value is -1.90. The van der Waals surface area contributed by atoms with Crippen LogP contribution in [0.4, 0.5) is 14.5 Å². The molecule has 1 heterocycles. The molecule has 0 bridgehead atoms. The number of pyridine rings is 1. The van der Waals surface area contributed by atoms with E-state index in [9.17, 15) is 13.6 Å². The fourth-order valence-corrected chi connectivity index (χ4v) is 0.824. The average molecular weight is 185 g/mol. The molecule has 4 nitrogen and oxygen atoms in total. The minimum Gasteiger partial charge on any atom is -0.397 e. The van der Waals surface area contributed by atoms with E-state index in [1.54, 1.807) is 0 Å². The minimum atomic E-state index is -2.85. The lowest BCUT2D eigenvalue weighted by Crippen LogP contribution is -2.14. The lowest BCUT2D eigenvalue weighted by Gasteiger charge is -2.02. The molecule has 68 valence electrons. The van der Waals surface area contributed by atoms with Crippen LogP contribution in [0.3, 0.4) is 0 Å². The van der Waals surface area contributed by atoms with E-state index < -0.39 is 17.7 Å². The number of rotatable bonds is 1. The van der Waals surface area contributed by atoms with Crippen molar-refractivity contribution in [1.82, 2.24) is 4.98 Å². The maximum Gasteiger partial charge on any atom is 0.280 e. The summed E-state index contributed by atoms with van der Waals surface area (Å²) in [6, 6.07) is 2.46. The first kappa shape index (κ1) is 9.19. The van der Waals surface area contributed by atoms with Gasteiger partial charge in [0, 0.05) is 0 Å². The third kappa shape index (κ3) is 1.64. The van der Waals surface area contributed by atoms with Crippen LogP contribution in [0.25, 0.3) is 0 Å². The molecule has 0 aliphatic heterocycles. The smallest absolute Gasteiger partial charge is 0.280 e. The summed E-state index contributed by atoms with van der Waals surface area (Å²) in [6.07, 6.45) is -2.85. The van der Waals surface area contributed by atoms with Crippen LogP contribution in [0.1, 0.15) is 17.7 Å². The quantitative estimate of drug-likeness (QED) is 0.677. The van der Waals surface area contributed by atoms with Crippen LogP contribution >= 0.6 is 0 Å². The molecule has 1 rings (SSSR count). The van der Waals surface area contributed by atoms with Crippen LogP contribution in [0, 0.1) is 11.3 Å². The highest BCUT2D eigenvalue weighted by Gasteiger charge is 2.14. The van der Waals surface area contributed by atoms with Gasteiger partial charge in [0.05, 0.1) is 5.69 Å². The van der Waals surface area contributed by atoms with E-state index >= 15 is 0 Å². The Labute approximate surface area is 71.6 Å². The summed E-state index contributed by atoms with van der Waals surface area (Å²) in [7, 11) is 0. The van der Waals surface area contributed by atoms with Gasteiger partial charge >= 0.3 is 0 Å². The molecule has 1 aromatic heterocycles. The van der Waals surface area contributed by atoms with Crippen LogP contribution in [-0.4, -0.2) is 4.98 Å². The van der Waals surface area contributed by atoms with Gasteiger partial charge < -0.3 is 10.7 Å². The standard InChI is InChI=1S/C7H5F2N3O/c8-6(9)5-4(11)1-3(2-10)7(13)12-5/h1,6H,11H2,(H,12,13). The van der Waals surface area contributed by atoms with E-state index in [4.69, 9.17) is 11.0 Å². The molecule has 6 heteroatoms. The van der Waals surface area contributed by atoms with Crippen molar-refractivity contribution >= 4 is 5.69 Å². The lowest BCUT2D eigenvalue weighted by molar-refractivity contribution is 0.146. The van der Waals surface area contributed by atoms with Gasteiger partial charge in [0.1, 0.15) is 17.3 Å². The zero-order valence-corrected chi connectivity index (χ0v) is 6.34. The van der Waals surface area contributed by atoms with Gasteiger partial charge in [-0.3, -0.25) is 4.79 Å². The molecule has 0 aliphatic rings. The number of aromatic nitrogens is 1. The maximum absolute atomic E-state index is 12.1. The van der Waals surface area contributed by atoms with Gasteiger partial charge in [-0.1, -0.05) is 0 Å². The molecule has 0 spiro atoms. The number of anilines is 1. The number of alkyl halides is 2. The highest BCUT2D eigenvalue weighted by molar-refractivity contribution is 5.48. The van der Waals surface area contributed by atoms with Crippen molar-refractivity contribution in [3.63, 3.8) is 0 Å². The number of H-pyrrole nitrogens is 1. The summed E-state index contributed by atoms with van der Waals surface area (Å²) >= 11 is 0. The number of nitrogens with one attached hydrogen (secondary N) is 1. The Morgan fingerprint density at radius 3 is 2.69 bits per heavy atom. The third-order valence-corrected chi connectivity index (χ3v) is 1.44. The normalized spacial score (nSPS) is 10.0. The molecule has 13 heavy (non-hydrogen) atoms. The van der Waals surface area contributed by atoms with E-state index in [-0.39, 0.29) is 11.3 Å². The molecule has 0 fully saturated rings. The van der Waals surface area contributed by atoms with Gasteiger partial charge in [-0.05, 0) is 6.07 Å². The lowest BCUT2D eigenvalue weighted by atomic mass is 10.2. The molecular formula is C7H5F2N3O. The molecule has 0 aliphatic carbocycles. The van der Waals surface area contributed by atoms with Crippen molar-refractivity contribution < 1.29 is 8.78 Å². The Morgan fingerprint density at radius 1 is 1.62 bits per heavy atom. The Bertz CT molecular complexity index is 419. The molecule has 0 saturated heterocycles. The van der Waals surface area contributed by atoms with Crippen LogP contribution < -0.4 is 11.3 Å². The zero-order chi connectivity index (χ0) is 10.0. The monoisotopic (exact) mass is 185 g/mol. The third-order valence-electron chi connectivity index (χ3n) is 1.44. The second kappa shape index (κ2) is 3.23. The Balaban J connectivity index is 3.40. The molecule has 0 atom stereocenters. The number of nitrogens with two attached hydrogens (primary N) is 1. The van der Waals surface area contributed by atoms with E-state index in [2.05, 4.69) is 0 Å². The molecule has 0 amide bonds. The Morgan fingerprint density at radius 2 is 2.23 bits per heavy atom. The van der Waals surface area contributed by atoms with Crippen molar-refractivity contribution in [2.45, 2.75) is 6.43 Å². The van der Waals surface area contributed by atoms with Gasteiger partial charge in [-0.15, -0.1) is 0 Å². The summed E-state index contributed by atoms with van der Waals surface area (Å²) in [5.41, 5.74) is 3.10. The fourth-order valence-electron chi connectivity index (χ4n) is 0.824. The first-order chi connectivity index (χ1) is 6.06. The largest absolute Gasteiger partial charge is 0.397 e. The van der Waals surface area contributed by atoms with Gasteiger partial charge in [-0.25, -0.2) is 8.78 Å². The number of nitrogens with zero attached hydrogens (tertiary/aromatic N) is 1. The van der Waals surface area contributed by atoms with Crippen LogP contribution in [0.2, 0.25) is 0 Å². The molecule has 1 aromatic rings. The maximum atomic E-state index is 12.1. The molecule has 0 radical (unpaired) electrons. The van der Waals surface area contributed by atoms with Gasteiger partial charge in [0.2, 0.25) is 0 Å². The highest BCUT2D eigenvalue weighted by Crippen LogP contribution is 2.21. The highest BCUT2D eigenvalue weighted by atomic mass is 19.3.